The van der Waals surface area contributed by atoms with Crippen molar-refractivity contribution in [2.75, 3.05) is 5.32 Å². The van der Waals surface area contributed by atoms with E-state index in [1.165, 1.54) is 12.8 Å². The molecular formula is C22H21N7S. The lowest BCUT2D eigenvalue weighted by molar-refractivity contribution is 0.378. The van der Waals surface area contributed by atoms with Crippen LogP contribution in [0.3, 0.4) is 0 Å². The molecule has 1 aromatic carbocycles. The second kappa shape index (κ2) is 6.76. The largest absolute Gasteiger partial charge is 0.359 e. The van der Waals surface area contributed by atoms with Crippen LogP contribution in [0.15, 0.2) is 30.6 Å². The predicted molar refractivity (Wildman–Crippen MR) is 118 cm³/mol. The number of thiazole rings is 1. The van der Waals surface area contributed by atoms with Gasteiger partial charge in [-0.3, -0.25) is 9.67 Å². The van der Waals surface area contributed by atoms with Crippen LogP contribution in [0.1, 0.15) is 31.2 Å². The molecule has 0 spiro atoms. The fourth-order valence-electron chi connectivity index (χ4n) is 4.89. The molecule has 8 heteroatoms. The summed E-state index contributed by atoms with van der Waals surface area (Å²) in [4.78, 5) is 9.39. The second-order valence-electron chi connectivity index (χ2n) is 8.38. The lowest BCUT2D eigenvalue weighted by atomic mass is 10.0. The monoisotopic (exact) mass is 415 g/mol. The van der Waals surface area contributed by atoms with Crippen LogP contribution >= 0.6 is 11.3 Å². The van der Waals surface area contributed by atoms with Gasteiger partial charge in [-0.25, -0.2) is 4.98 Å². The highest BCUT2D eigenvalue weighted by atomic mass is 32.1. The van der Waals surface area contributed by atoms with Crippen molar-refractivity contribution < 1.29 is 0 Å². The van der Waals surface area contributed by atoms with Gasteiger partial charge in [-0.1, -0.05) is 11.3 Å². The van der Waals surface area contributed by atoms with Gasteiger partial charge < -0.3 is 10.6 Å². The summed E-state index contributed by atoms with van der Waals surface area (Å²) in [5.74, 6) is 0. The Labute approximate surface area is 177 Å². The van der Waals surface area contributed by atoms with Crippen LogP contribution in [-0.4, -0.2) is 37.9 Å². The number of piperidine rings is 1. The van der Waals surface area contributed by atoms with Crippen LogP contribution in [0.4, 0.5) is 5.13 Å². The van der Waals surface area contributed by atoms with Crippen LogP contribution in [0.5, 0.6) is 0 Å². The summed E-state index contributed by atoms with van der Waals surface area (Å²) in [6.07, 6.45) is 8.68. The van der Waals surface area contributed by atoms with Crippen LogP contribution < -0.4 is 10.6 Å². The first kappa shape index (κ1) is 17.8. The number of pyridine rings is 1. The Bertz CT molecular complexity index is 1300. The van der Waals surface area contributed by atoms with Crippen molar-refractivity contribution in [3.8, 4) is 17.3 Å². The molecule has 3 aromatic heterocycles. The summed E-state index contributed by atoms with van der Waals surface area (Å²) in [5, 5.41) is 23.2. The number of aromatic nitrogens is 4. The van der Waals surface area contributed by atoms with Gasteiger partial charge in [0.05, 0.1) is 22.2 Å². The van der Waals surface area contributed by atoms with Gasteiger partial charge in [-0.15, -0.1) is 0 Å². The van der Waals surface area contributed by atoms with Crippen molar-refractivity contribution in [1.82, 2.24) is 25.1 Å². The first-order chi connectivity index (χ1) is 14.6. The van der Waals surface area contributed by atoms with E-state index < -0.39 is 0 Å². The molecule has 0 radical (unpaired) electrons. The van der Waals surface area contributed by atoms with Gasteiger partial charge >= 0.3 is 0 Å². The highest BCUT2D eigenvalue weighted by Crippen LogP contribution is 2.33. The molecule has 2 N–H and O–H groups in total. The molecule has 4 aromatic rings. The molecule has 2 aliphatic heterocycles. The topological polar surface area (TPSA) is 91.5 Å². The predicted octanol–water partition coefficient (Wildman–Crippen LogP) is 3.81. The molecule has 7 nitrogen and oxygen atoms in total. The molecule has 2 bridgehead atoms. The third kappa shape index (κ3) is 3.02. The van der Waals surface area contributed by atoms with E-state index in [9.17, 15) is 5.26 Å². The molecule has 150 valence electrons. The molecule has 30 heavy (non-hydrogen) atoms. The zero-order valence-electron chi connectivity index (χ0n) is 16.6. The maximum atomic E-state index is 9.55. The summed E-state index contributed by atoms with van der Waals surface area (Å²) >= 11 is 1.68. The van der Waals surface area contributed by atoms with E-state index in [4.69, 9.17) is 4.98 Å². The number of nitriles is 1. The minimum absolute atomic E-state index is 0.489. The summed E-state index contributed by atoms with van der Waals surface area (Å²) in [5.41, 5.74) is 3.97. The van der Waals surface area contributed by atoms with Crippen LogP contribution in [-0.2, 0) is 7.05 Å². The Morgan fingerprint density at radius 2 is 2.07 bits per heavy atom. The zero-order valence-corrected chi connectivity index (χ0v) is 17.4. The Hall–Kier alpha value is -3.02. The smallest absolute Gasteiger partial charge is 0.184 e. The average molecular weight is 416 g/mol. The molecule has 3 atom stereocenters. The minimum Gasteiger partial charge on any atom is -0.359 e. The molecular weight excluding hydrogens is 394 g/mol. The number of nitrogens with one attached hydrogen (secondary N) is 2. The Balaban J connectivity index is 1.32. The third-order valence-electron chi connectivity index (χ3n) is 6.21. The van der Waals surface area contributed by atoms with Crippen molar-refractivity contribution in [3.63, 3.8) is 0 Å². The van der Waals surface area contributed by atoms with Crippen molar-refractivity contribution in [2.24, 2.45) is 7.05 Å². The van der Waals surface area contributed by atoms with E-state index in [1.807, 2.05) is 31.6 Å². The molecule has 0 saturated carbocycles. The standard InChI is InChI=1S/C22H21N7S/c1-29-11-14-5-12(4-13(9-23)21(14)28-29)18-8-20-19(10-24-18)27-22(30-20)26-17-6-15-2-3-16(7-17)25-15/h4-5,8,10-11,15-17,25H,2-3,6-7H2,1H3,(H,26,27)/t15-,16+,17?. The lowest BCUT2D eigenvalue weighted by Crippen LogP contribution is -2.43. The van der Waals surface area contributed by atoms with Gasteiger partial charge in [-0.05, 0) is 43.9 Å². The summed E-state index contributed by atoms with van der Waals surface area (Å²) in [6, 6.07) is 10.0. The molecule has 2 saturated heterocycles. The number of hydrogen-bond acceptors (Lipinski definition) is 7. The van der Waals surface area contributed by atoms with Crippen LogP contribution in [0, 0.1) is 11.3 Å². The van der Waals surface area contributed by atoms with Gasteiger partial charge in [-0.2, -0.15) is 10.4 Å². The third-order valence-corrected chi connectivity index (χ3v) is 7.16. The summed E-state index contributed by atoms with van der Waals surface area (Å²) in [7, 11) is 1.87. The second-order valence-corrected chi connectivity index (χ2v) is 9.41. The Morgan fingerprint density at radius 1 is 1.23 bits per heavy atom. The Morgan fingerprint density at radius 3 is 2.87 bits per heavy atom. The van der Waals surface area contributed by atoms with Gasteiger partial charge in [0.25, 0.3) is 0 Å². The van der Waals surface area contributed by atoms with E-state index in [1.54, 1.807) is 16.0 Å². The van der Waals surface area contributed by atoms with Crippen molar-refractivity contribution in [3.05, 3.63) is 36.2 Å². The van der Waals surface area contributed by atoms with Gasteiger partial charge in [0.1, 0.15) is 17.1 Å². The SMILES string of the molecule is Cn1cc2cc(-c3cc4sc(NC5C[C@H]6CC[C@@H](C5)N6)nc4cn3)cc(C#N)c2n1. The summed E-state index contributed by atoms with van der Waals surface area (Å²) < 4.78 is 2.84. The van der Waals surface area contributed by atoms with Gasteiger partial charge in [0.2, 0.25) is 0 Å². The summed E-state index contributed by atoms with van der Waals surface area (Å²) in [6.45, 7) is 0. The average Bonchev–Trinajstić information content (AvgIpc) is 3.41. The maximum absolute atomic E-state index is 9.55. The zero-order chi connectivity index (χ0) is 20.2. The van der Waals surface area contributed by atoms with Crippen molar-refractivity contribution in [1.29, 1.82) is 5.26 Å². The lowest BCUT2D eigenvalue weighted by Gasteiger charge is -2.29. The number of fused-ring (bicyclic) bond motifs is 4. The molecule has 0 aliphatic carbocycles. The molecule has 0 amide bonds. The Kier molecular flexibility index (Phi) is 4.01. The van der Waals surface area contributed by atoms with Crippen LogP contribution in [0.2, 0.25) is 0 Å². The number of anilines is 1. The first-order valence-corrected chi connectivity index (χ1v) is 11.1. The number of benzene rings is 1. The highest BCUT2D eigenvalue weighted by molar-refractivity contribution is 7.22. The normalized spacial score (nSPS) is 23.1. The number of rotatable bonds is 3. The highest BCUT2D eigenvalue weighted by Gasteiger charge is 2.33. The molecule has 2 fully saturated rings. The molecule has 5 heterocycles. The maximum Gasteiger partial charge on any atom is 0.184 e. The molecule has 1 unspecified atom stereocenters. The number of aryl methyl sites for hydroxylation is 1. The quantitative estimate of drug-likeness (QED) is 0.529. The van der Waals surface area contributed by atoms with E-state index >= 15 is 0 Å². The fraction of sp³-hybridized carbons (Fsp3) is 0.364. The minimum atomic E-state index is 0.489. The van der Waals surface area contributed by atoms with E-state index in [0.29, 0.717) is 23.7 Å². The van der Waals surface area contributed by atoms with E-state index in [2.05, 4.69) is 32.9 Å². The van der Waals surface area contributed by atoms with Gasteiger partial charge in [0.15, 0.2) is 5.13 Å². The van der Waals surface area contributed by atoms with Crippen molar-refractivity contribution >= 4 is 37.6 Å². The first-order valence-electron chi connectivity index (χ1n) is 10.3. The molecule has 6 rings (SSSR count). The van der Waals surface area contributed by atoms with E-state index in [0.717, 1.165) is 50.4 Å². The van der Waals surface area contributed by atoms with Gasteiger partial charge in [0, 0.05) is 42.3 Å². The van der Waals surface area contributed by atoms with Crippen LogP contribution in [0.25, 0.3) is 32.4 Å². The molecule has 2 aliphatic rings. The fourth-order valence-corrected chi connectivity index (χ4v) is 5.84. The number of hydrogen-bond donors (Lipinski definition) is 2. The van der Waals surface area contributed by atoms with E-state index in [-0.39, 0.29) is 0 Å². The number of nitrogens with zero attached hydrogens (tertiary/aromatic N) is 5. The van der Waals surface area contributed by atoms with Crippen molar-refractivity contribution in [2.45, 2.75) is 43.8 Å².